The zero-order valence-corrected chi connectivity index (χ0v) is 18.7. The highest BCUT2D eigenvalue weighted by molar-refractivity contribution is 7.89. The number of nitrogens with one attached hydrogen (secondary N) is 2. The van der Waals surface area contributed by atoms with Crippen LogP contribution in [0.15, 0.2) is 53.4 Å². The van der Waals surface area contributed by atoms with E-state index in [2.05, 4.69) is 10.6 Å². The SMILES string of the molecule is CCNC(=O)c1ccccc1NC(=O)c1ccc(S(=O)(=O)N(C)C2CCCCC2)cc1. The number of para-hydroxylation sites is 1. The van der Waals surface area contributed by atoms with Gasteiger partial charge in [-0.15, -0.1) is 0 Å². The molecule has 2 amide bonds. The van der Waals surface area contributed by atoms with Gasteiger partial charge in [0.15, 0.2) is 0 Å². The van der Waals surface area contributed by atoms with Crippen molar-refractivity contribution in [1.29, 1.82) is 0 Å². The van der Waals surface area contributed by atoms with Crippen molar-refractivity contribution in [2.24, 2.45) is 0 Å². The van der Waals surface area contributed by atoms with Crippen LogP contribution < -0.4 is 10.6 Å². The molecule has 3 rings (SSSR count). The lowest BCUT2D eigenvalue weighted by Crippen LogP contribution is -2.38. The summed E-state index contributed by atoms with van der Waals surface area (Å²) < 4.78 is 27.4. The van der Waals surface area contributed by atoms with Crippen LogP contribution in [-0.4, -0.2) is 44.2 Å². The maximum Gasteiger partial charge on any atom is 0.255 e. The summed E-state index contributed by atoms with van der Waals surface area (Å²) in [5.41, 5.74) is 1.07. The number of sulfonamides is 1. The van der Waals surface area contributed by atoms with E-state index in [1.54, 1.807) is 31.3 Å². The smallest absolute Gasteiger partial charge is 0.255 e. The van der Waals surface area contributed by atoms with Gasteiger partial charge in [-0.1, -0.05) is 31.4 Å². The third kappa shape index (κ3) is 5.32. The second-order valence-electron chi connectivity index (χ2n) is 7.70. The summed E-state index contributed by atoms with van der Waals surface area (Å²) >= 11 is 0. The first-order valence-corrected chi connectivity index (χ1v) is 12.0. The number of rotatable bonds is 7. The van der Waals surface area contributed by atoms with Crippen molar-refractivity contribution in [2.45, 2.75) is 50.0 Å². The molecule has 0 aliphatic heterocycles. The molecule has 2 N–H and O–H groups in total. The van der Waals surface area contributed by atoms with E-state index in [4.69, 9.17) is 0 Å². The van der Waals surface area contributed by atoms with Crippen molar-refractivity contribution < 1.29 is 18.0 Å². The van der Waals surface area contributed by atoms with Crippen LogP contribution in [0.25, 0.3) is 0 Å². The van der Waals surface area contributed by atoms with E-state index in [9.17, 15) is 18.0 Å². The van der Waals surface area contributed by atoms with Gasteiger partial charge in [-0.05, 0) is 56.2 Å². The molecule has 0 saturated heterocycles. The average molecular weight is 444 g/mol. The Kier molecular flexibility index (Phi) is 7.46. The second-order valence-corrected chi connectivity index (χ2v) is 9.69. The molecular weight excluding hydrogens is 414 g/mol. The van der Waals surface area contributed by atoms with Crippen LogP contribution in [-0.2, 0) is 10.0 Å². The third-order valence-corrected chi connectivity index (χ3v) is 7.56. The summed E-state index contributed by atoms with van der Waals surface area (Å²) in [7, 11) is -1.99. The number of carbonyl (C=O) groups excluding carboxylic acids is 2. The fourth-order valence-electron chi connectivity index (χ4n) is 3.83. The van der Waals surface area contributed by atoms with Gasteiger partial charge < -0.3 is 10.6 Å². The monoisotopic (exact) mass is 443 g/mol. The van der Waals surface area contributed by atoms with E-state index in [0.29, 0.717) is 23.4 Å². The van der Waals surface area contributed by atoms with Crippen molar-refractivity contribution in [1.82, 2.24) is 9.62 Å². The van der Waals surface area contributed by atoms with E-state index in [-0.39, 0.29) is 16.8 Å². The fraction of sp³-hybridized carbons (Fsp3) is 0.391. The highest BCUT2D eigenvalue weighted by Gasteiger charge is 2.29. The number of hydrogen-bond donors (Lipinski definition) is 2. The largest absolute Gasteiger partial charge is 0.352 e. The zero-order valence-electron chi connectivity index (χ0n) is 17.9. The van der Waals surface area contributed by atoms with Gasteiger partial charge in [-0.2, -0.15) is 4.31 Å². The zero-order chi connectivity index (χ0) is 22.4. The van der Waals surface area contributed by atoms with Crippen molar-refractivity contribution in [3.05, 3.63) is 59.7 Å². The van der Waals surface area contributed by atoms with Crippen LogP contribution in [0, 0.1) is 0 Å². The Morgan fingerprint density at radius 1 is 0.968 bits per heavy atom. The summed E-state index contributed by atoms with van der Waals surface area (Å²) in [5, 5.41) is 5.45. The Balaban J connectivity index is 1.74. The Morgan fingerprint density at radius 2 is 1.61 bits per heavy atom. The van der Waals surface area contributed by atoms with Gasteiger partial charge in [0.25, 0.3) is 11.8 Å². The highest BCUT2D eigenvalue weighted by atomic mass is 32.2. The summed E-state index contributed by atoms with van der Waals surface area (Å²) in [6, 6.07) is 12.7. The van der Waals surface area contributed by atoms with Crippen LogP contribution in [0.4, 0.5) is 5.69 Å². The van der Waals surface area contributed by atoms with Crippen molar-refractivity contribution >= 4 is 27.5 Å². The molecule has 8 heteroatoms. The van der Waals surface area contributed by atoms with Crippen LogP contribution in [0.3, 0.4) is 0 Å². The topological polar surface area (TPSA) is 95.6 Å². The predicted octanol–water partition coefficient (Wildman–Crippen LogP) is 3.64. The molecule has 7 nitrogen and oxygen atoms in total. The lowest BCUT2D eigenvalue weighted by atomic mass is 9.96. The summed E-state index contributed by atoms with van der Waals surface area (Å²) in [5.74, 6) is -0.688. The molecule has 0 unspecified atom stereocenters. The molecule has 2 aromatic rings. The van der Waals surface area contributed by atoms with Crippen molar-refractivity contribution in [2.75, 3.05) is 18.9 Å². The quantitative estimate of drug-likeness (QED) is 0.683. The van der Waals surface area contributed by atoms with Gasteiger partial charge in [0, 0.05) is 25.2 Å². The standard InChI is InChI=1S/C23H29N3O4S/c1-3-24-23(28)20-11-7-8-12-21(20)25-22(27)17-13-15-19(16-14-17)31(29,30)26(2)18-9-5-4-6-10-18/h7-8,11-16,18H,3-6,9-10H2,1-2H3,(H,24,28)(H,25,27). The molecular formula is C23H29N3O4S. The molecule has 0 bridgehead atoms. The Labute approximate surface area is 183 Å². The van der Waals surface area contributed by atoms with Crippen molar-refractivity contribution in [3.8, 4) is 0 Å². The maximum atomic E-state index is 13.0. The molecule has 0 radical (unpaired) electrons. The van der Waals surface area contributed by atoms with Crippen molar-refractivity contribution in [3.63, 3.8) is 0 Å². The minimum atomic E-state index is -3.62. The minimum Gasteiger partial charge on any atom is -0.352 e. The van der Waals surface area contributed by atoms with Gasteiger partial charge in [-0.3, -0.25) is 9.59 Å². The number of hydrogen-bond acceptors (Lipinski definition) is 4. The molecule has 0 atom stereocenters. The Morgan fingerprint density at radius 3 is 2.26 bits per heavy atom. The molecule has 1 aliphatic carbocycles. The number of nitrogens with zero attached hydrogens (tertiary/aromatic N) is 1. The second kappa shape index (κ2) is 10.1. The summed E-state index contributed by atoms with van der Waals surface area (Å²) in [6.07, 6.45) is 4.99. The van der Waals surface area contributed by atoms with Crippen LogP contribution in [0.2, 0.25) is 0 Å². The lowest BCUT2D eigenvalue weighted by Gasteiger charge is -2.30. The average Bonchev–Trinajstić information content (AvgIpc) is 2.79. The van der Waals surface area contributed by atoms with Gasteiger partial charge in [0.2, 0.25) is 10.0 Å². The van der Waals surface area contributed by atoms with Gasteiger partial charge in [-0.25, -0.2) is 8.42 Å². The molecule has 1 saturated carbocycles. The number of carbonyl (C=O) groups is 2. The van der Waals surface area contributed by atoms with Crippen LogP contribution in [0.5, 0.6) is 0 Å². The van der Waals surface area contributed by atoms with E-state index >= 15 is 0 Å². The van der Waals surface area contributed by atoms with Crippen LogP contribution >= 0.6 is 0 Å². The summed E-state index contributed by atoms with van der Waals surface area (Å²) in [4.78, 5) is 25.1. The molecule has 0 aromatic heterocycles. The molecule has 2 aromatic carbocycles. The number of anilines is 1. The maximum absolute atomic E-state index is 13.0. The first-order chi connectivity index (χ1) is 14.8. The predicted molar refractivity (Wildman–Crippen MR) is 121 cm³/mol. The fourth-order valence-corrected chi connectivity index (χ4v) is 5.24. The third-order valence-electron chi connectivity index (χ3n) is 5.64. The van der Waals surface area contributed by atoms with Gasteiger partial charge in [0.05, 0.1) is 16.1 Å². The first-order valence-electron chi connectivity index (χ1n) is 10.6. The molecule has 31 heavy (non-hydrogen) atoms. The molecule has 1 aliphatic rings. The van der Waals surface area contributed by atoms with Gasteiger partial charge >= 0.3 is 0 Å². The Bertz CT molecular complexity index is 1030. The minimum absolute atomic E-state index is 0.0208. The van der Waals surface area contributed by atoms with Gasteiger partial charge in [0.1, 0.15) is 0 Å². The Hall–Kier alpha value is -2.71. The molecule has 0 spiro atoms. The van der Waals surface area contributed by atoms with E-state index in [1.807, 2.05) is 6.92 Å². The molecule has 0 heterocycles. The summed E-state index contributed by atoms with van der Waals surface area (Å²) in [6.45, 7) is 2.30. The molecule has 166 valence electrons. The first kappa shape index (κ1) is 23.0. The normalized spacial score (nSPS) is 14.9. The van der Waals surface area contributed by atoms with E-state index in [0.717, 1.165) is 32.1 Å². The number of amides is 2. The molecule has 1 fully saturated rings. The number of benzene rings is 2. The highest BCUT2D eigenvalue weighted by Crippen LogP contribution is 2.26. The lowest BCUT2D eigenvalue weighted by molar-refractivity contribution is 0.0956. The van der Waals surface area contributed by atoms with E-state index < -0.39 is 15.9 Å². The van der Waals surface area contributed by atoms with E-state index in [1.165, 1.54) is 28.6 Å². The van der Waals surface area contributed by atoms with Crippen LogP contribution in [0.1, 0.15) is 59.7 Å².